The average Bonchev–Trinajstić information content (AvgIpc) is 3.97. The van der Waals surface area contributed by atoms with E-state index >= 15 is 0 Å². The molecule has 0 bridgehead atoms. The van der Waals surface area contributed by atoms with Gasteiger partial charge in [0.25, 0.3) is 0 Å². The standard InChI is InChI=1S/C20H22ClFN2O2S.C19H23ClFNO3.2CO2.ClH/c1-3-11(18(25)26-4-2)7-16-17-14-9-20(14,10-24(17)19(27)23-16)13-8-12(21)5-6-15(13)22;1-3-11(18(24)25-4-2)7-16(23)17-14-9-19(14,10-22-17)13-8-12(20)5-6-15(13)21;2*2-1-3;/h5-6,8,11,14H,3-4,7,9-10H2,1-2H3,(H,23,27);5-6,8,11,14,17,22H,3-4,7,9-10H2,1-2H3;;;1H/t11?,14-,20+;11?,14-,17?,19+;;;/m00.../s1. The van der Waals surface area contributed by atoms with E-state index in [1.165, 1.54) is 18.2 Å². The number of ketones is 1. The number of aromatic nitrogens is 2. The number of nitrogens with zero attached hydrogens (tertiary/aromatic N) is 1. The number of imidazole rings is 1. The van der Waals surface area contributed by atoms with Crippen LogP contribution < -0.4 is 5.32 Å². The van der Waals surface area contributed by atoms with Gasteiger partial charge in [0.15, 0.2) is 10.6 Å². The number of piperidine rings is 1. The molecule has 18 heteroatoms. The summed E-state index contributed by atoms with van der Waals surface area (Å²) < 4.78 is 41.7. The maximum absolute atomic E-state index is 14.5. The molecule has 2 saturated carbocycles. The molecule has 3 unspecified atom stereocenters. The van der Waals surface area contributed by atoms with Gasteiger partial charge in [-0.1, -0.05) is 37.0 Å². The van der Waals surface area contributed by atoms with E-state index < -0.39 is 5.92 Å². The first kappa shape index (κ1) is 49.3. The van der Waals surface area contributed by atoms with Crippen molar-refractivity contribution in [2.24, 2.45) is 17.8 Å². The lowest BCUT2D eigenvalue weighted by atomic mass is 9.91. The number of aromatic amines is 1. The molecule has 0 amide bonds. The van der Waals surface area contributed by atoms with E-state index in [-0.39, 0.29) is 95.1 Å². The van der Waals surface area contributed by atoms with Crippen LogP contribution in [0.5, 0.6) is 0 Å². The minimum absolute atomic E-state index is 0. The van der Waals surface area contributed by atoms with Crippen molar-refractivity contribution in [3.63, 3.8) is 0 Å². The van der Waals surface area contributed by atoms with Gasteiger partial charge in [-0.2, -0.15) is 19.2 Å². The van der Waals surface area contributed by atoms with Crippen molar-refractivity contribution in [1.82, 2.24) is 14.9 Å². The number of esters is 2. The van der Waals surface area contributed by atoms with Crippen LogP contribution in [0.2, 0.25) is 10.0 Å². The Balaban J connectivity index is 0.000000275. The fraction of sp³-hybridized carbons (Fsp3) is 0.512. The number of halogens is 5. The molecular weight excluding hydrogens is 855 g/mol. The van der Waals surface area contributed by atoms with Crippen molar-refractivity contribution >= 4 is 77.9 Å². The molecule has 12 nitrogen and oxygen atoms in total. The normalized spacial score (nSPS) is 23.1. The molecule has 3 fully saturated rings. The summed E-state index contributed by atoms with van der Waals surface area (Å²) in [5.41, 5.74) is 2.73. The molecule has 3 aromatic rings. The van der Waals surface area contributed by atoms with Crippen LogP contribution in [0.4, 0.5) is 8.78 Å². The van der Waals surface area contributed by atoms with E-state index in [0.717, 1.165) is 24.2 Å². The van der Waals surface area contributed by atoms with Crippen LogP contribution in [0.15, 0.2) is 36.4 Å². The predicted molar refractivity (Wildman–Crippen MR) is 214 cm³/mol. The number of benzene rings is 2. The van der Waals surface area contributed by atoms with Gasteiger partial charge in [-0.05, 0) is 105 Å². The van der Waals surface area contributed by atoms with Crippen molar-refractivity contribution in [2.45, 2.75) is 95.6 Å². The van der Waals surface area contributed by atoms with Gasteiger partial charge in [-0.3, -0.25) is 14.4 Å². The molecular formula is C41H46Cl3F2N3O9S. The van der Waals surface area contributed by atoms with E-state index in [0.29, 0.717) is 71.5 Å². The Morgan fingerprint density at radius 3 is 1.86 bits per heavy atom. The SMILES string of the molecule is CCOC(=O)C(CC)CC(=O)C1NC[C@@]2(c3cc(Cl)ccc3F)C[C@@H]12.CCOC(=O)C(CC)Cc1[nH]c(=S)n2c1[C@@H]1C[C@]1(c1cc(Cl)ccc1F)C2.Cl.O=C=O.O=C=O. The molecule has 2 aliphatic heterocycles. The van der Waals surface area contributed by atoms with Gasteiger partial charge in [0.2, 0.25) is 0 Å². The van der Waals surface area contributed by atoms with Gasteiger partial charge in [-0.25, -0.2) is 8.78 Å². The first-order chi connectivity index (χ1) is 27.7. The smallest absolute Gasteiger partial charge is 0.373 e. The molecule has 7 atom stereocenters. The van der Waals surface area contributed by atoms with E-state index in [2.05, 4.69) is 14.9 Å². The largest absolute Gasteiger partial charge is 0.466 e. The Morgan fingerprint density at radius 2 is 1.37 bits per heavy atom. The second kappa shape index (κ2) is 21.4. The minimum Gasteiger partial charge on any atom is -0.466 e. The zero-order chi connectivity index (χ0) is 42.9. The average molecular weight is 901 g/mol. The second-order valence-electron chi connectivity index (χ2n) is 14.6. The molecule has 2 aliphatic carbocycles. The fourth-order valence-corrected chi connectivity index (χ4v) is 9.21. The van der Waals surface area contributed by atoms with Crippen LogP contribution in [0.3, 0.4) is 0 Å². The lowest BCUT2D eigenvalue weighted by molar-refractivity contribution is -0.193. The van der Waals surface area contributed by atoms with Crippen LogP contribution in [-0.2, 0) is 66.8 Å². The van der Waals surface area contributed by atoms with E-state index in [4.69, 9.17) is 64.1 Å². The highest BCUT2D eigenvalue weighted by atomic mass is 35.5. The monoisotopic (exact) mass is 899 g/mol. The topological polar surface area (TPSA) is 171 Å². The summed E-state index contributed by atoms with van der Waals surface area (Å²) in [5.74, 6) is -1.35. The van der Waals surface area contributed by atoms with Crippen molar-refractivity contribution in [1.29, 1.82) is 0 Å². The fourth-order valence-electron chi connectivity index (χ4n) is 8.58. The third-order valence-corrected chi connectivity index (χ3v) is 12.3. The maximum Gasteiger partial charge on any atom is 0.373 e. The zero-order valence-corrected chi connectivity index (χ0v) is 36.0. The van der Waals surface area contributed by atoms with Crippen molar-refractivity contribution in [2.75, 3.05) is 19.8 Å². The van der Waals surface area contributed by atoms with Crippen LogP contribution in [0, 0.1) is 34.2 Å². The van der Waals surface area contributed by atoms with Crippen LogP contribution >= 0.6 is 47.8 Å². The Morgan fingerprint density at radius 1 is 0.864 bits per heavy atom. The number of fused-ring (bicyclic) bond motifs is 4. The number of Topliss-reactive ketones (excluding diaryl/α,β-unsaturated/α-hetero) is 1. The molecule has 0 spiro atoms. The number of hydrogen-bond acceptors (Lipinski definition) is 11. The molecule has 59 heavy (non-hydrogen) atoms. The Bertz CT molecular complexity index is 2130. The van der Waals surface area contributed by atoms with E-state index in [9.17, 15) is 23.2 Å². The van der Waals surface area contributed by atoms with E-state index in [1.54, 1.807) is 25.1 Å². The molecule has 2 N–H and O–H groups in total. The molecule has 320 valence electrons. The van der Waals surface area contributed by atoms with Gasteiger partial charge in [0.05, 0.1) is 31.1 Å². The van der Waals surface area contributed by atoms with Crippen LogP contribution in [0.25, 0.3) is 0 Å². The van der Waals surface area contributed by atoms with Gasteiger partial charge in [0.1, 0.15) is 11.6 Å². The van der Waals surface area contributed by atoms with Gasteiger partial charge in [-0.15, -0.1) is 12.4 Å². The molecule has 1 aromatic heterocycles. The van der Waals surface area contributed by atoms with E-state index in [1.807, 2.05) is 20.8 Å². The first-order valence-electron chi connectivity index (χ1n) is 19.0. The molecule has 0 radical (unpaired) electrons. The number of carbonyl (C=O) groups is 3. The van der Waals surface area contributed by atoms with Gasteiger partial charge >= 0.3 is 24.2 Å². The quantitative estimate of drug-likeness (QED) is 0.129. The first-order valence-corrected chi connectivity index (χ1v) is 20.1. The zero-order valence-electron chi connectivity index (χ0n) is 32.9. The lowest BCUT2D eigenvalue weighted by Crippen LogP contribution is -2.37. The number of carbonyl (C=O) groups excluding carboxylic acids is 7. The summed E-state index contributed by atoms with van der Waals surface area (Å²) in [6.07, 6.45) is 4.13. The van der Waals surface area contributed by atoms with Crippen LogP contribution in [-0.4, -0.2) is 65.4 Å². The lowest BCUT2D eigenvalue weighted by Gasteiger charge is -2.16. The summed E-state index contributed by atoms with van der Waals surface area (Å²) in [7, 11) is 0. The number of rotatable bonds is 13. The predicted octanol–water partition coefficient (Wildman–Crippen LogP) is 7.42. The van der Waals surface area contributed by atoms with Crippen molar-refractivity contribution in [3.8, 4) is 0 Å². The summed E-state index contributed by atoms with van der Waals surface area (Å²) in [4.78, 5) is 72.6. The third kappa shape index (κ3) is 10.6. The summed E-state index contributed by atoms with van der Waals surface area (Å²) >= 11 is 17.7. The second-order valence-corrected chi connectivity index (χ2v) is 15.9. The highest BCUT2D eigenvalue weighted by molar-refractivity contribution is 7.71. The Kier molecular flexibility index (Phi) is 17.9. The Labute approximate surface area is 361 Å². The summed E-state index contributed by atoms with van der Waals surface area (Å²) in [6, 6.07) is 9.00. The number of hydrogen-bond donors (Lipinski definition) is 2. The number of nitrogens with one attached hydrogen (secondary N) is 2. The van der Waals surface area contributed by atoms with Crippen molar-refractivity contribution in [3.05, 3.63) is 85.4 Å². The highest BCUT2D eigenvalue weighted by Gasteiger charge is 2.65. The number of H-pyrrole nitrogens is 1. The molecule has 4 aliphatic rings. The summed E-state index contributed by atoms with van der Waals surface area (Å²) in [6.45, 7) is 9.31. The third-order valence-electron chi connectivity index (χ3n) is 11.5. The van der Waals surface area contributed by atoms with Crippen LogP contribution in [0.1, 0.15) is 88.2 Å². The van der Waals surface area contributed by atoms with Gasteiger partial charge < -0.3 is 24.3 Å². The molecule has 2 aromatic carbocycles. The number of ether oxygens (including phenoxy) is 2. The minimum atomic E-state index is -0.411. The highest BCUT2D eigenvalue weighted by Crippen LogP contribution is 2.66. The summed E-state index contributed by atoms with van der Waals surface area (Å²) in [5, 5.41) is 4.27. The van der Waals surface area contributed by atoms with Crippen molar-refractivity contribution < 1.29 is 51.8 Å². The van der Waals surface area contributed by atoms with Gasteiger partial charge in [0, 0.05) is 64.1 Å². The maximum atomic E-state index is 14.5. The Hall–Kier alpha value is -4.07. The molecule has 3 heterocycles. The molecule has 7 rings (SSSR count). The molecule has 1 saturated heterocycles.